The van der Waals surface area contributed by atoms with Gasteiger partial charge in [-0.2, -0.15) is 0 Å². The second kappa shape index (κ2) is 9.65. The summed E-state index contributed by atoms with van der Waals surface area (Å²) in [5.74, 6) is 0.496. The monoisotopic (exact) mass is 453 g/mol. The third-order valence-corrected chi connectivity index (χ3v) is 7.24. The molecular weight excluding hydrogens is 426 g/mol. The largest absolute Gasteiger partial charge is 0.356 e. The number of aromatic nitrogens is 2. The molecule has 0 saturated heterocycles. The van der Waals surface area contributed by atoms with Gasteiger partial charge in [-0.15, -0.1) is 0 Å². The van der Waals surface area contributed by atoms with Crippen LogP contribution in [0.4, 0.5) is 0 Å². The van der Waals surface area contributed by atoms with E-state index in [0.29, 0.717) is 36.1 Å². The van der Waals surface area contributed by atoms with Gasteiger partial charge in [-0.25, -0.2) is 13.4 Å². The Balaban J connectivity index is 1.29. The second-order valence-corrected chi connectivity index (χ2v) is 10.4. The first-order chi connectivity index (χ1) is 15.4. The molecule has 32 heavy (non-hydrogen) atoms. The topological polar surface area (TPSA) is 98.1 Å². The fraction of sp³-hybridized carbons (Fsp3) is 0.375. The van der Waals surface area contributed by atoms with Crippen molar-refractivity contribution in [3.05, 3.63) is 76.3 Å². The number of carbonyl (C=O) groups is 1. The molecule has 8 heteroatoms. The van der Waals surface area contributed by atoms with Crippen molar-refractivity contribution in [3.63, 3.8) is 0 Å². The molecule has 1 heterocycles. The van der Waals surface area contributed by atoms with Crippen molar-refractivity contribution in [1.29, 1.82) is 0 Å². The van der Waals surface area contributed by atoms with Gasteiger partial charge >= 0.3 is 0 Å². The van der Waals surface area contributed by atoms with Gasteiger partial charge in [-0.1, -0.05) is 42.5 Å². The number of nitrogens with one attached hydrogen (secondary N) is 1. The maximum Gasteiger partial charge on any atom is 0.261 e. The van der Waals surface area contributed by atoms with Crippen molar-refractivity contribution in [2.45, 2.75) is 43.9 Å². The van der Waals surface area contributed by atoms with E-state index in [1.54, 1.807) is 22.8 Å². The summed E-state index contributed by atoms with van der Waals surface area (Å²) in [6, 6.07) is 16.5. The summed E-state index contributed by atoms with van der Waals surface area (Å²) in [5, 5.41) is 3.39. The first-order valence-electron chi connectivity index (χ1n) is 10.9. The molecule has 1 saturated carbocycles. The fourth-order valence-electron chi connectivity index (χ4n) is 3.81. The zero-order chi connectivity index (χ0) is 22.6. The molecule has 1 amide bonds. The normalized spacial score (nSPS) is 13.9. The van der Waals surface area contributed by atoms with Crippen LogP contribution in [0.2, 0.25) is 0 Å². The zero-order valence-corrected chi connectivity index (χ0v) is 18.7. The van der Waals surface area contributed by atoms with Crippen molar-refractivity contribution >= 4 is 26.6 Å². The molecule has 7 nitrogen and oxygen atoms in total. The van der Waals surface area contributed by atoms with E-state index in [2.05, 4.69) is 10.3 Å². The number of benzene rings is 2. The molecule has 0 unspecified atom stereocenters. The highest BCUT2D eigenvalue weighted by atomic mass is 32.2. The SMILES string of the molecule is O=C(CCc1nc2ccccc2c(=O)n1C1CC1)NCCCS(=O)(=O)Cc1ccccc1. The van der Waals surface area contributed by atoms with E-state index in [1.165, 1.54) is 0 Å². The zero-order valence-electron chi connectivity index (χ0n) is 17.9. The molecule has 1 aliphatic carbocycles. The first kappa shape index (κ1) is 22.2. The summed E-state index contributed by atoms with van der Waals surface area (Å²) in [7, 11) is -3.22. The van der Waals surface area contributed by atoms with Gasteiger partial charge < -0.3 is 5.32 Å². The van der Waals surface area contributed by atoms with E-state index < -0.39 is 9.84 Å². The van der Waals surface area contributed by atoms with Gasteiger partial charge in [-0.3, -0.25) is 14.2 Å². The molecule has 0 bridgehead atoms. The molecule has 4 rings (SSSR count). The maximum atomic E-state index is 12.9. The van der Waals surface area contributed by atoms with Crippen molar-refractivity contribution in [3.8, 4) is 0 Å². The van der Waals surface area contributed by atoms with E-state index in [9.17, 15) is 18.0 Å². The Labute approximate surface area is 187 Å². The molecule has 3 aromatic rings. The van der Waals surface area contributed by atoms with Crippen LogP contribution in [0.5, 0.6) is 0 Å². The number of para-hydroxylation sites is 1. The lowest BCUT2D eigenvalue weighted by Gasteiger charge is -2.13. The average Bonchev–Trinajstić information content (AvgIpc) is 3.61. The molecule has 1 N–H and O–H groups in total. The lowest BCUT2D eigenvalue weighted by atomic mass is 10.2. The van der Waals surface area contributed by atoms with Crippen molar-refractivity contribution < 1.29 is 13.2 Å². The van der Waals surface area contributed by atoms with Crippen LogP contribution in [-0.4, -0.2) is 36.2 Å². The van der Waals surface area contributed by atoms with Gasteiger partial charge in [0.05, 0.1) is 22.4 Å². The Bertz CT molecular complexity index is 1270. The Kier molecular flexibility index (Phi) is 6.69. The van der Waals surface area contributed by atoms with Gasteiger partial charge in [0.2, 0.25) is 5.91 Å². The van der Waals surface area contributed by atoms with Crippen LogP contribution in [0, 0.1) is 0 Å². The van der Waals surface area contributed by atoms with Crippen LogP contribution in [0.15, 0.2) is 59.4 Å². The molecular formula is C24H27N3O4S. The molecule has 1 aromatic heterocycles. The summed E-state index contributed by atoms with van der Waals surface area (Å²) in [5.41, 5.74) is 1.37. The fourth-order valence-corrected chi connectivity index (χ4v) is 5.24. The summed E-state index contributed by atoms with van der Waals surface area (Å²) in [6.07, 6.45) is 2.85. The minimum Gasteiger partial charge on any atom is -0.356 e. The van der Waals surface area contributed by atoms with E-state index in [4.69, 9.17) is 0 Å². The van der Waals surface area contributed by atoms with Gasteiger partial charge in [0.25, 0.3) is 5.56 Å². The Hall–Kier alpha value is -3.00. The molecule has 2 aromatic carbocycles. The van der Waals surface area contributed by atoms with Crippen LogP contribution in [0.3, 0.4) is 0 Å². The van der Waals surface area contributed by atoms with Crippen molar-refractivity contribution in [2.24, 2.45) is 0 Å². The molecule has 168 valence electrons. The standard InChI is InChI=1S/C24H27N3O4S/c28-23(25-15-6-16-32(30,31)17-18-7-2-1-3-8-18)14-13-22-26-21-10-5-4-9-20(21)24(29)27(22)19-11-12-19/h1-5,7-10,19H,6,11-17H2,(H,25,28). The van der Waals surface area contributed by atoms with Crippen LogP contribution in [0.25, 0.3) is 10.9 Å². The number of nitrogens with zero attached hydrogens (tertiary/aromatic N) is 2. The quantitative estimate of drug-likeness (QED) is 0.476. The van der Waals surface area contributed by atoms with Crippen molar-refractivity contribution in [1.82, 2.24) is 14.9 Å². The lowest BCUT2D eigenvalue weighted by Crippen LogP contribution is -2.28. The van der Waals surface area contributed by atoms with Crippen LogP contribution >= 0.6 is 0 Å². The summed E-state index contributed by atoms with van der Waals surface area (Å²) in [6.45, 7) is 0.299. The number of hydrogen-bond acceptors (Lipinski definition) is 5. The lowest BCUT2D eigenvalue weighted by molar-refractivity contribution is -0.121. The number of rotatable bonds is 10. The molecule has 1 aliphatic rings. The van der Waals surface area contributed by atoms with Crippen LogP contribution in [0.1, 0.15) is 43.1 Å². The van der Waals surface area contributed by atoms with Crippen molar-refractivity contribution in [2.75, 3.05) is 12.3 Å². The summed E-state index contributed by atoms with van der Waals surface area (Å²) in [4.78, 5) is 29.8. The predicted molar refractivity (Wildman–Crippen MR) is 124 cm³/mol. The van der Waals surface area contributed by atoms with Gasteiger partial charge in [0.15, 0.2) is 9.84 Å². The first-order valence-corrected chi connectivity index (χ1v) is 12.8. The Morgan fingerprint density at radius 1 is 1.06 bits per heavy atom. The maximum absolute atomic E-state index is 12.9. The van der Waals surface area contributed by atoms with Crippen LogP contribution in [-0.2, 0) is 26.8 Å². The third-order valence-electron chi connectivity index (χ3n) is 5.55. The molecule has 0 aliphatic heterocycles. The Morgan fingerprint density at radius 3 is 2.53 bits per heavy atom. The second-order valence-electron chi connectivity index (χ2n) is 8.23. The minimum absolute atomic E-state index is 0.00805. The number of aryl methyl sites for hydroxylation is 1. The highest BCUT2D eigenvalue weighted by Crippen LogP contribution is 2.34. The van der Waals surface area contributed by atoms with Gasteiger partial charge in [-0.05, 0) is 37.0 Å². The van der Waals surface area contributed by atoms with E-state index in [-0.39, 0.29) is 35.4 Å². The Morgan fingerprint density at radius 2 is 1.78 bits per heavy atom. The van der Waals surface area contributed by atoms with E-state index in [1.807, 2.05) is 36.4 Å². The summed E-state index contributed by atoms with van der Waals surface area (Å²) < 4.78 is 26.2. The number of fused-ring (bicyclic) bond motifs is 1. The van der Waals surface area contributed by atoms with Gasteiger partial charge in [0, 0.05) is 25.4 Å². The average molecular weight is 454 g/mol. The molecule has 1 fully saturated rings. The minimum atomic E-state index is -3.22. The highest BCUT2D eigenvalue weighted by Gasteiger charge is 2.28. The third kappa shape index (κ3) is 5.62. The number of carbonyl (C=O) groups excluding carboxylic acids is 1. The van der Waals surface area contributed by atoms with E-state index in [0.717, 1.165) is 18.4 Å². The number of amides is 1. The molecule has 0 spiro atoms. The number of hydrogen-bond donors (Lipinski definition) is 1. The van der Waals surface area contributed by atoms with Crippen LogP contribution < -0.4 is 10.9 Å². The highest BCUT2D eigenvalue weighted by molar-refractivity contribution is 7.90. The predicted octanol–water partition coefficient (Wildman–Crippen LogP) is 2.79. The smallest absolute Gasteiger partial charge is 0.261 e. The molecule has 0 atom stereocenters. The molecule has 0 radical (unpaired) electrons. The summed E-state index contributed by atoms with van der Waals surface area (Å²) >= 11 is 0. The van der Waals surface area contributed by atoms with E-state index >= 15 is 0 Å². The van der Waals surface area contributed by atoms with Gasteiger partial charge in [0.1, 0.15) is 5.82 Å². The number of sulfone groups is 1.